The van der Waals surface area contributed by atoms with E-state index in [4.69, 9.17) is 15.2 Å². The molecule has 1 aromatic heterocycles. The molecule has 0 radical (unpaired) electrons. The van der Waals surface area contributed by atoms with Gasteiger partial charge in [-0.15, -0.1) is 0 Å². The molecule has 0 spiro atoms. The minimum atomic E-state index is -0.696. The lowest BCUT2D eigenvalue weighted by Crippen LogP contribution is -2.41. The van der Waals surface area contributed by atoms with Gasteiger partial charge in [0.25, 0.3) is 0 Å². The van der Waals surface area contributed by atoms with Crippen LogP contribution in [0.1, 0.15) is 27.7 Å². The SMILES string of the molecule is CC1(C)OB(c2cnc(NN)c([N+](=O)[O-])c2)OC1(C)C. The van der Waals surface area contributed by atoms with E-state index in [2.05, 4.69) is 10.4 Å². The summed E-state index contributed by atoms with van der Waals surface area (Å²) in [5, 5.41) is 11.0. The van der Waals surface area contributed by atoms with Crippen molar-refractivity contribution in [1.82, 2.24) is 4.98 Å². The van der Waals surface area contributed by atoms with Gasteiger partial charge in [-0.25, -0.2) is 10.8 Å². The molecule has 0 amide bonds. The van der Waals surface area contributed by atoms with Crippen LogP contribution in [0, 0.1) is 10.1 Å². The molecule has 0 aliphatic carbocycles. The number of pyridine rings is 1. The van der Waals surface area contributed by atoms with Gasteiger partial charge in [-0.1, -0.05) is 0 Å². The molecule has 1 saturated heterocycles. The fourth-order valence-electron chi connectivity index (χ4n) is 1.83. The maximum absolute atomic E-state index is 11.0. The van der Waals surface area contributed by atoms with Crippen LogP contribution in [0.2, 0.25) is 0 Å². The van der Waals surface area contributed by atoms with Gasteiger partial charge in [0.05, 0.1) is 16.1 Å². The largest absolute Gasteiger partial charge is 0.496 e. The van der Waals surface area contributed by atoms with Crippen LogP contribution in [0.15, 0.2) is 12.3 Å². The molecule has 108 valence electrons. The summed E-state index contributed by atoms with van der Waals surface area (Å²) >= 11 is 0. The van der Waals surface area contributed by atoms with Crippen LogP contribution >= 0.6 is 0 Å². The Bertz CT molecular complexity index is 533. The summed E-state index contributed by atoms with van der Waals surface area (Å²) in [4.78, 5) is 14.4. The third kappa shape index (κ3) is 2.35. The predicted octanol–water partition coefficient (Wildman–Crippen LogP) is 0.575. The molecule has 0 unspecified atom stereocenters. The first-order chi connectivity index (χ1) is 9.18. The van der Waals surface area contributed by atoms with Crippen molar-refractivity contribution in [3.63, 3.8) is 0 Å². The van der Waals surface area contributed by atoms with Crippen molar-refractivity contribution in [3.05, 3.63) is 22.4 Å². The molecule has 8 nitrogen and oxygen atoms in total. The third-order valence-corrected chi connectivity index (χ3v) is 3.75. The molecule has 20 heavy (non-hydrogen) atoms. The van der Waals surface area contributed by atoms with E-state index in [1.807, 2.05) is 27.7 Å². The Morgan fingerprint density at radius 1 is 1.35 bits per heavy atom. The average molecular weight is 280 g/mol. The molecule has 1 aromatic rings. The lowest BCUT2D eigenvalue weighted by molar-refractivity contribution is -0.384. The van der Waals surface area contributed by atoms with E-state index < -0.39 is 23.2 Å². The number of aromatic nitrogens is 1. The second-order valence-electron chi connectivity index (χ2n) is 5.63. The van der Waals surface area contributed by atoms with Gasteiger partial charge in [0.15, 0.2) is 0 Å². The van der Waals surface area contributed by atoms with E-state index in [1.54, 1.807) is 0 Å². The van der Waals surface area contributed by atoms with Crippen LogP contribution in [-0.2, 0) is 9.31 Å². The van der Waals surface area contributed by atoms with Crippen molar-refractivity contribution in [3.8, 4) is 0 Å². The fourth-order valence-corrected chi connectivity index (χ4v) is 1.83. The first-order valence-corrected chi connectivity index (χ1v) is 6.14. The number of nitrogens with zero attached hydrogens (tertiary/aromatic N) is 2. The molecule has 0 saturated carbocycles. The number of hydrazine groups is 1. The van der Waals surface area contributed by atoms with Crippen molar-refractivity contribution in [1.29, 1.82) is 0 Å². The molecule has 2 heterocycles. The van der Waals surface area contributed by atoms with Gasteiger partial charge in [0.2, 0.25) is 5.82 Å². The van der Waals surface area contributed by atoms with Gasteiger partial charge in [0, 0.05) is 17.7 Å². The number of anilines is 1. The Kier molecular flexibility index (Phi) is 3.45. The Labute approximate surface area is 116 Å². The van der Waals surface area contributed by atoms with E-state index >= 15 is 0 Å². The molecule has 9 heteroatoms. The van der Waals surface area contributed by atoms with E-state index in [0.717, 1.165) is 0 Å². The van der Waals surface area contributed by atoms with Crippen molar-refractivity contribution >= 4 is 24.1 Å². The van der Waals surface area contributed by atoms with Gasteiger partial charge in [-0.05, 0) is 27.7 Å². The number of nitrogen functional groups attached to an aromatic ring is 1. The highest BCUT2D eigenvalue weighted by molar-refractivity contribution is 6.62. The predicted molar refractivity (Wildman–Crippen MR) is 74.4 cm³/mol. The second-order valence-corrected chi connectivity index (χ2v) is 5.63. The van der Waals surface area contributed by atoms with Crippen LogP contribution in [-0.4, -0.2) is 28.2 Å². The monoisotopic (exact) mass is 280 g/mol. The average Bonchev–Trinajstić information content (AvgIpc) is 2.57. The van der Waals surface area contributed by atoms with E-state index in [9.17, 15) is 10.1 Å². The highest BCUT2D eigenvalue weighted by Crippen LogP contribution is 2.36. The molecule has 1 fully saturated rings. The van der Waals surface area contributed by atoms with E-state index in [0.29, 0.717) is 5.46 Å². The van der Waals surface area contributed by atoms with Crippen molar-refractivity contribution in [2.24, 2.45) is 5.84 Å². The third-order valence-electron chi connectivity index (χ3n) is 3.75. The van der Waals surface area contributed by atoms with Crippen molar-refractivity contribution in [2.75, 3.05) is 5.43 Å². The topological polar surface area (TPSA) is 113 Å². The van der Waals surface area contributed by atoms with Gasteiger partial charge in [-0.3, -0.25) is 10.1 Å². The fraction of sp³-hybridized carbons (Fsp3) is 0.545. The zero-order chi connectivity index (χ0) is 15.1. The van der Waals surface area contributed by atoms with Gasteiger partial charge < -0.3 is 14.7 Å². The van der Waals surface area contributed by atoms with E-state index in [-0.39, 0.29) is 11.5 Å². The highest BCUT2D eigenvalue weighted by atomic mass is 16.7. The second kappa shape index (κ2) is 4.69. The summed E-state index contributed by atoms with van der Waals surface area (Å²) in [5.74, 6) is 5.19. The molecule has 3 N–H and O–H groups in total. The molecule has 2 rings (SSSR count). The summed E-state index contributed by atoms with van der Waals surface area (Å²) in [6.45, 7) is 7.63. The summed E-state index contributed by atoms with van der Waals surface area (Å²) in [7, 11) is -0.696. The van der Waals surface area contributed by atoms with Crippen LogP contribution in [0.5, 0.6) is 0 Å². The first kappa shape index (κ1) is 14.7. The van der Waals surface area contributed by atoms with Crippen LogP contribution in [0.3, 0.4) is 0 Å². The van der Waals surface area contributed by atoms with Crippen molar-refractivity contribution < 1.29 is 14.2 Å². The standard InChI is InChI=1S/C11H17BN4O4/c1-10(2)11(3,4)20-12(19-10)7-5-8(16(17)18)9(15-13)14-6-7/h5-6H,13H2,1-4H3,(H,14,15). The quantitative estimate of drug-likeness (QED) is 0.360. The number of hydrogen-bond acceptors (Lipinski definition) is 7. The Morgan fingerprint density at radius 3 is 2.35 bits per heavy atom. The Morgan fingerprint density at radius 2 is 1.90 bits per heavy atom. The van der Waals surface area contributed by atoms with E-state index in [1.165, 1.54) is 12.3 Å². The molecule has 0 aromatic carbocycles. The number of nitro groups is 1. The summed E-state index contributed by atoms with van der Waals surface area (Å²) in [6.07, 6.45) is 1.45. The summed E-state index contributed by atoms with van der Waals surface area (Å²) in [5.41, 5.74) is 1.42. The van der Waals surface area contributed by atoms with Gasteiger partial charge in [0.1, 0.15) is 0 Å². The summed E-state index contributed by atoms with van der Waals surface area (Å²) in [6, 6.07) is 1.35. The Balaban J connectivity index is 2.36. The molecule has 0 bridgehead atoms. The normalized spacial score (nSPS) is 19.9. The number of rotatable bonds is 3. The van der Waals surface area contributed by atoms with Gasteiger partial charge >= 0.3 is 12.8 Å². The molecular weight excluding hydrogens is 263 g/mol. The first-order valence-electron chi connectivity index (χ1n) is 6.14. The lowest BCUT2D eigenvalue weighted by atomic mass is 9.80. The molecule has 0 atom stereocenters. The van der Waals surface area contributed by atoms with Crippen LogP contribution in [0.25, 0.3) is 0 Å². The number of nitrogens with two attached hydrogens (primary N) is 1. The van der Waals surface area contributed by atoms with Gasteiger partial charge in [-0.2, -0.15) is 0 Å². The number of hydrogen-bond donors (Lipinski definition) is 2. The van der Waals surface area contributed by atoms with Crippen LogP contribution in [0.4, 0.5) is 11.5 Å². The molecule has 1 aliphatic rings. The minimum Gasteiger partial charge on any atom is -0.399 e. The smallest absolute Gasteiger partial charge is 0.399 e. The van der Waals surface area contributed by atoms with Crippen molar-refractivity contribution in [2.45, 2.75) is 38.9 Å². The maximum Gasteiger partial charge on any atom is 0.496 e. The maximum atomic E-state index is 11.0. The van der Waals surface area contributed by atoms with Crippen LogP contribution < -0.4 is 16.7 Å². The summed E-state index contributed by atoms with van der Waals surface area (Å²) < 4.78 is 11.6. The zero-order valence-electron chi connectivity index (χ0n) is 11.8. The zero-order valence-corrected chi connectivity index (χ0v) is 11.8. The molecule has 1 aliphatic heterocycles. The number of nitrogens with one attached hydrogen (secondary N) is 1. The highest BCUT2D eigenvalue weighted by Gasteiger charge is 2.52. The molecular formula is C11H17BN4O4. The minimum absolute atomic E-state index is 0.00438. The lowest BCUT2D eigenvalue weighted by Gasteiger charge is -2.32. The Hall–Kier alpha value is -1.71.